The van der Waals surface area contributed by atoms with Gasteiger partial charge in [-0.25, -0.2) is 0 Å². The first-order chi connectivity index (χ1) is 10.7. The molecule has 0 spiro atoms. The SMILES string of the molecule is CN1CC(c2ccccc2)N(CO)C(c2ccc(Cl)cc2)C1. The number of halogens is 1. The second-order valence-corrected chi connectivity index (χ2v) is 6.31. The molecule has 1 saturated heterocycles. The minimum Gasteiger partial charge on any atom is -0.381 e. The summed E-state index contributed by atoms with van der Waals surface area (Å²) >= 11 is 6.00. The molecule has 0 amide bonds. The van der Waals surface area contributed by atoms with Gasteiger partial charge in [-0.1, -0.05) is 54.1 Å². The summed E-state index contributed by atoms with van der Waals surface area (Å²) in [4.78, 5) is 4.49. The molecule has 2 aromatic carbocycles. The Balaban J connectivity index is 1.94. The second kappa shape index (κ2) is 6.80. The Morgan fingerprint density at radius 1 is 0.955 bits per heavy atom. The summed E-state index contributed by atoms with van der Waals surface area (Å²) < 4.78 is 0. The lowest BCUT2D eigenvalue weighted by Crippen LogP contribution is -2.49. The zero-order valence-corrected chi connectivity index (χ0v) is 13.4. The van der Waals surface area contributed by atoms with E-state index in [4.69, 9.17) is 11.6 Å². The molecule has 1 fully saturated rings. The monoisotopic (exact) mass is 316 g/mol. The highest BCUT2D eigenvalue weighted by Gasteiger charge is 2.34. The zero-order valence-electron chi connectivity index (χ0n) is 12.7. The molecule has 0 saturated carbocycles. The summed E-state index contributed by atoms with van der Waals surface area (Å²) in [6.45, 7) is 1.85. The van der Waals surface area contributed by atoms with Crippen molar-refractivity contribution in [1.29, 1.82) is 0 Å². The van der Waals surface area contributed by atoms with Gasteiger partial charge in [0.1, 0.15) is 0 Å². The third kappa shape index (κ3) is 3.18. The van der Waals surface area contributed by atoms with Gasteiger partial charge in [-0.3, -0.25) is 4.90 Å². The van der Waals surface area contributed by atoms with Crippen LogP contribution in [0, 0.1) is 0 Å². The number of aliphatic hydroxyl groups is 1. The highest BCUT2D eigenvalue weighted by atomic mass is 35.5. The van der Waals surface area contributed by atoms with Crippen molar-refractivity contribution in [2.75, 3.05) is 26.9 Å². The molecule has 2 aromatic rings. The third-order valence-electron chi connectivity index (χ3n) is 4.37. The highest BCUT2D eigenvalue weighted by molar-refractivity contribution is 6.30. The summed E-state index contributed by atoms with van der Waals surface area (Å²) in [5, 5.41) is 10.7. The highest BCUT2D eigenvalue weighted by Crippen LogP contribution is 2.35. The molecule has 3 rings (SSSR count). The van der Waals surface area contributed by atoms with Crippen LogP contribution in [0.2, 0.25) is 5.02 Å². The summed E-state index contributed by atoms with van der Waals surface area (Å²) in [6.07, 6.45) is 0. The summed E-state index contributed by atoms with van der Waals surface area (Å²) in [5.74, 6) is 0. The van der Waals surface area contributed by atoms with Crippen LogP contribution in [0.25, 0.3) is 0 Å². The van der Waals surface area contributed by atoms with E-state index < -0.39 is 0 Å². The van der Waals surface area contributed by atoms with Gasteiger partial charge in [0, 0.05) is 18.1 Å². The first-order valence-electron chi connectivity index (χ1n) is 7.54. The Bertz CT molecular complexity index is 602. The van der Waals surface area contributed by atoms with E-state index in [0.717, 1.165) is 18.1 Å². The average Bonchev–Trinajstić information content (AvgIpc) is 2.55. The number of hydrogen-bond donors (Lipinski definition) is 1. The van der Waals surface area contributed by atoms with Gasteiger partial charge in [0.2, 0.25) is 0 Å². The van der Waals surface area contributed by atoms with Crippen LogP contribution < -0.4 is 0 Å². The summed E-state index contributed by atoms with van der Waals surface area (Å²) in [7, 11) is 2.13. The molecule has 0 aliphatic carbocycles. The number of piperazine rings is 1. The van der Waals surface area contributed by atoms with Crippen molar-refractivity contribution in [1.82, 2.24) is 9.80 Å². The summed E-state index contributed by atoms with van der Waals surface area (Å²) in [6, 6.07) is 18.7. The normalized spacial score (nSPS) is 23.6. The number of aliphatic hydroxyl groups excluding tert-OH is 1. The molecule has 2 atom stereocenters. The van der Waals surface area contributed by atoms with Crippen molar-refractivity contribution >= 4 is 11.6 Å². The van der Waals surface area contributed by atoms with E-state index in [1.54, 1.807) is 0 Å². The Labute approximate surface area is 136 Å². The Kier molecular flexibility index (Phi) is 4.79. The lowest BCUT2D eigenvalue weighted by molar-refractivity contribution is -0.0280. The molecule has 2 unspecified atom stereocenters. The maximum Gasteiger partial charge on any atom is 0.0967 e. The van der Waals surface area contributed by atoms with Crippen LogP contribution >= 0.6 is 11.6 Å². The van der Waals surface area contributed by atoms with Gasteiger partial charge < -0.3 is 10.0 Å². The van der Waals surface area contributed by atoms with Crippen LogP contribution in [0.5, 0.6) is 0 Å². The van der Waals surface area contributed by atoms with E-state index in [1.165, 1.54) is 11.1 Å². The van der Waals surface area contributed by atoms with E-state index in [1.807, 2.05) is 18.2 Å². The molecular weight excluding hydrogens is 296 g/mol. The molecule has 116 valence electrons. The minimum atomic E-state index is 0.0424. The lowest BCUT2D eigenvalue weighted by atomic mass is 9.95. The molecule has 0 bridgehead atoms. The molecule has 4 heteroatoms. The minimum absolute atomic E-state index is 0.0424. The average molecular weight is 317 g/mol. The number of nitrogens with zero attached hydrogens (tertiary/aromatic N) is 2. The molecule has 0 aromatic heterocycles. The number of benzene rings is 2. The Morgan fingerprint density at radius 2 is 1.50 bits per heavy atom. The van der Waals surface area contributed by atoms with Crippen LogP contribution in [-0.2, 0) is 0 Å². The van der Waals surface area contributed by atoms with Crippen molar-refractivity contribution in [3.05, 3.63) is 70.7 Å². The van der Waals surface area contributed by atoms with Crippen molar-refractivity contribution in [3.8, 4) is 0 Å². The van der Waals surface area contributed by atoms with Gasteiger partial charge in [-0.2, -0.15) is 0 Å². The van der Waals surface area contributed by atoms with Gasteiger partial charge in [0.25, 0.3) is 0 Å². The van der Waals surface area contributed by atoms with Crippen LogP contribution in [0.15, 0.2) is 54.6 Å². The van der Waals surface area contributed by atoms with Gasteiger partial charge in [-0.15, -0.1) is 0 Å². The van der Waals surface area contributed by atoms with E-state index >= 15 is 0 Å². The van der Waals surface area contributed by atoms with Crippen LogP contribution in [0.1, 0.15) is 23.2 Å². The molecule has 3 nitrogen and oxygen atoms in total. The summed E-state index contributed by atoms with van der Waals surface area (Å²) in [5.41, 5.74) is 2.42. The van der Waals surface area contributed by atoms with Crippen LogP contribution in [0.3, 0.4) is 0 Å². The molecular formula is C18H21ClN2O. The fourth-order valence-corrected chi connectivity index (χ4v) is 3.37. The van der Waals surface area contributed by atoms with Crippen molar-refractivity contribution in [3.63, 3.8) is 0 Å². The van der Waals surface area contributed by atoms with Gasteiger partial charge in [-0.05, 0) is 30.3 Å². The molecule has 22 heavy (non-hydrogen) atoms. The molecule has 0 radical (unpaired) electrons. The fourth-order valence-electron chi connectivity index (χ4n) is 3.24. The Hall–Kier alpha value is -1.39. The molecule has 1 aliphatic rings. The first kappa shape index (κ1) is 15.5. The van der Waals surface area contributed by atoms with E-state index in [2.05, 4.69) is 53.2 Å². The first-order valence-corrected chi connectivity index (χ1v) is 7.92. The maximum absolute atomic E-state index is 9.98. The topological polar surface area (TPSA) is 26.7 Å². The largest absolute Gasteiger partial charge is 0.381 e. The van der Waals surface area contributed by atoms with Crippen LogP contribution in [-0.4, -0.2) is 41.8 Å². The Morgan fingerprint density at radius 3 is 2.05 bits per heavy atom. The third-order valence-corrected chi connectivity index (χ3v) is 4.62. The predicted octanol–water partition coefficient (Wildman–Crippen LogP) is 3.32. The fraction of sp³-hybridized carbons (Fsp3) is 0.333. The number of rotatable bonds is 3. The van der Waals surface area contributed by atoms with Gasteiger partial charge in [0.05, 0.1) is 18.8 Å². The van der Waals surface area contributed by atoms with Gasteiger partial charge in [0.15, 0.2) is 0 Å². The second-order valence-electron chi connectivity index (χ2n) is 5.87. The standard InChI is InChI=1S/C18H21ClN2O/c1-20-11-17(14-5-3-2-4-6-14)21(13-22)18(12-20)15-7-9-16(19)10-8-15/h2-10,17-18,22H,11-13H2,1H3. The van der Waals surface area contributed by atoms with E-state index in [-0.39, 0.29) is 18.8 Å². The molecule has 1 aliphatic heterocycles. The predicted molar refractivity (Wildman–Crippen MR) is 89.8 cm³/mol. The molecule has 1 N–H and O–H groups in total. The van der Waals surface area contributed by atoms with E-state index in [0.29, 0.717) is 0 Å². The van der Waals surface area contributed by atoms with Crippen molar-refractivity contribution in [2.45, 2.75) is 12.1 Å². The van der Waals surface area contributed by atoms with E-state index in [9.17, 15) is 5.11 Å². The van der Waals surface area contributed by atoms with Crippen molar-refractivity contribution < 1.29 is 5.11 Å². The number of likely N-dealkylation sites (N-methyl/N-ethyl adjacent to an activating group) is 1. The lowest BCUT2D eigenvalue weighted by Gasteiger charge is -2.45. The van der Waals surface area contributed by atoms with Gasteiger partial charge >= 0.3 is 0 Å². The maximum atomic E-state index is 9.98. The van der Waals surface area contributed by atoms with Crippen LogP contribution in [0.4, 0.5) is 0 Å². The molecule has 1 heterocycles. The smallest absolute Gasteiger partial charge is 0.0967 e. The zero-order chi connectivity index (χ0) is 15.5. The van der Waals surface area contributed by atoms with Crippen molar-refractivity contribution in [2.24, 2.45) is 0 Å². The number of hydrogen-bond acceptors (Lipinski definition) is 3. The quantitative estimate of drug-likeness (QED) is 0.941.